The van der Waals surface area contributed by atoms with Gasteiger partial charge >= 0.3 is 0 Å². The van der Waals surface area contributed by atoms with E-state index in [4.69, 9.17) is 18.9 Å². The Kier molecular flexibility index (Phi) is 6.62. The number of aliphatic hydroxyl groups is 1. The molecule has 0 radical (unpaired) electrons. The number of rotatable bonds is 9. The Bertz CT molecular complexity index is 642. The third-order valence-corrected chi connectivity index (χ3v) is 5.59. The topological polar surface area (TPSA) is 57.2 Å². The lowest BCUT2D eigenvalue weighted by atomic mass is 9.73. The minimum Gasteiger partial charge on any atom is -0.390 e. The molecule has 156 valence electrons. The van der Waals surface area contributed by atoms with Crippen LogP contribution in [0.15, 0.2) is 43.0 Å². The molecule has 1 saturated heterocycles. The van der Waals surface area contributed by atoms with Crippen molar-refractivity contribution < 1.29 is 24.1 Å². The molecule has 1 saturated carbocycles. The van der Waals surface area contributed by atoms with Gasteiger partial charge in [0.05, 0.1) is 24.4 Å². The van der Waals surface area contributed by atoms with Crippen molar-refractivity contribution in [2.75, 3.05) is 6.79 Å². The number of hydrogen-bond donors (Lipinski definition) is 1. The van der Waals surface area contributed by atoms with Crippen molar-refractivity contribution in [1.82, 2.24) is 0 Å². The van der Waals surface area contributed by atoms with Crippen LogP contribution in [0.3, 0.4) is 0 Å². The van der Waals surface area contributed by atoms with Gasteiger partial charge in [-0.05, 0) is 52.0 Å². The second-order valence-corrected chi connectivity index (χ2v) is 8.77. The molecule has 0 bridgehead atoms. The average Bonchev–Trinajstić information content (AvgIpc) is 2.89. The van der Waals surface area contributed by atoms with Crippen LogP contribution in [0, 0.1) is 0 Å². The highest BCUT2D eigenvalue weighted by Crippen LogP contribution is 2.50. The standard InChI is InChI=1S/C23H34O5/c1-5-14-22(4,24)16-23-19(12-9-13-20(23)27-21(2,3)28-23)26-17-25-15-18-10-7-6-8-11-18/h5-8,10-11,19-20,24H,1,9,12-17H2,2-4H3/t19-,20+,22-,23-/m0/s1. The van der Waals surface area contributed by atoms with E-state index in [2.05, 4.69) is 6.58 Å². The van der Waals surface area contributed by atoms with Gasteiger partial charge < -0.3 is 24.1 Å². The first-order valence-corrected chi connectivity index (χ1v) is 10.2. The van der Waals surface area contributed by atoms with Gasteiger partial charge in [-0.25, -0.2) is 0 Å². The molecule has 1 aromatic carbocycles. The van der Waals surface area contributed by atoms with Crippen molar-refractivity contribution in [1.29, 1.82) is 0 Å². The Morgan fingerprint density at radius 3 is 2.75 bits per heavy atom. The molecule has 2 fully saturated rings. The molecule has 1 aliphatic carbocycles. The van der Waals surface area contributed by atoms with Crippen molar-refractivity contribution >= 4 is 0 Å². The average molecular weight is 391 g/mol. The first-order valence-electron chi connectivity index (χ1n) is 10.2. The van der Waals surface area contributed by atoms with Gasteiger partial charge in [0, 0.05) is 6.42 Å². The third-order valence-electron chi connectivity index (χ3n) is 5.59. The van der Waals surface area contributed by atoms with Crippen LogP contribution >= 0.6 is 0 Å². The smallest absolute Gasteiger partial charge is 0.164 e. The van der Waals surface area contributed by atoms with Crippen LogP contribution in [0.4, 0.5) is 0 Å². The van der Waals surface area contributed by atoms with Crippen LogP contribution in [-0.2, 0) is 25.6 Å². The molecule has 1 heterocycles. The maximum absolute atomic E-state index is 10.9. The summed E-state index contributed by atoms with van der Waals surface area (Å²) in [5.41, 5.74) is -0.518. The summed E-state index contributed by atoms with van der Waals surface area (Å²) >= 11 is 0. The molecule has 28 heavy (non-hydrogen) atoms. The van der Waals surface area contributed by atoms with Crippen LogP contribution in [-0.4, -0.2) is 41.1 Å². The molecule has 5 nitrogen and oxygen atoms in total. The van der Waals surface area contributed by atoms with Gasteiger partial charge in [-0.1, -0.05) is 36.4 Å². The Balaban J connectivity index is 1.69. The van der Waals surface area contributed by atoms with Crippen molar-refractivity contribution in [3.63, 3.8) is 0 Å². The minimum absolute atomic E-state index is 0.105. The third kappa shape index (κ3) is 5.02. The van der Waals surface area contributed by atoms with Crippen LogP contribution in [0.1, 0.15) is 58.4 Å². The molecule has 5 heteroatoms. The number of fused-ring (bicyclic) bond motifs is 1. The summed E-state index contributed by atoms with van der Waals surface area (Å²) in [4.78, 5) is 0. The summed E-state index contributed by atoms with van der Waals surface area (Å²) in [5, 5.41) is 10.9. The van der Waals surface area contributed by atoms with Gasteiger partial charge in [-0.2, -0.15) is 0 Å². The van der Waals surface area contributed by atoms with E-state index in [9.17, 15) is 5.11 Å². The van der Waals surface area contributed by atoms with E-state index in [0.717, 1.165) is 24.8 Å². The van der Waals surface area contributed by atoms with Crippen molar-refractivity contribution in [2.24, 2.45) is 0 Å². The number of hydrogen-bond acceptors (Lipinski definition) is 5. The largest absolute Gasteiger partial charge is 0.390 e. The van der Waals surface area contributed by atoms with E-state index in [1.807, 2.05) is 51.1 Å². The monoisotopic (exact) mass is 390 g/mol. The van der Waals surface area contributed by atoms with Gasteiger partial charge in [-0.3, -0.25) is 0 Å². The predicted octanol–water partition coefficient (Wildman–Crippen LogP) is 4.34. The predicted molar refractivity (Wildman–Crippen MR) is 108 cm³/mol. The molecular formula is C23H34O5. The Morgan fingerprint density at radius 1 is 1.29 bits per heavy atom. The summed E-state index contributed by atoms with van der Waals surface area (Å²) in [6.45, 7) is 10.1. The van der Waals surface area contributed by atoms with Crippen LogP contribution in [0.25, 0.3) is 0 Å². The zero-order valence-electron chi connectivity index (χ0n) is 17.4. The van der Waals surface area contributed by atoms with Crippen molar-refractivity contribution in [3.8, 4) is 0 Å². The summed E-state index contributed by atoms with van der Waals surface area (Å²) in [6, 6.07) is 10.0. The molecule has 1 aliphatic heterocycles. The van der Waals surface area contributed by atoms with Gasteiger partial charge in [0.2, 0.25) is 0 Å². The molecule has 0 aromatic heterocycles. The second kappa shape index (κ2) is 8.64. The molecule has 0 spiro atoms. The maximum Gasteiger partial charge on any atom is 0.164 e. The molecule has 1 aromatic rings. The second-order valence-electron chi connectivity index (χ2n) is 8.77. The fraction of sp³-hybridized carbons (Fsp3) is 0.652. The maximum atomic E-state index is 10.9. The fourth-order valence-corrected chi connectivity index (χ4v) is 4.63. The molecule has 0 unspecified atom stereocenters. The molecule has 4 atom stereocenters. The summed E-state index contributed by atoms with van der Waals surface area (Å²) in [7, 11) is 0. The highest BCUT2D eigenvalue weighted by molar-refractivity contribution is 5.13. The van der Waals surface area contributed by atoms with Crippen molar-refractivity contribution in [3.05, 3.63) is 48.6 Å². The van der Waals surface area contributed by atoms with Crippen LogP contribution < -0.4 is 0 Å². The molecule has 0 amide bonds. The Hall–Kier alpha value is -1.24. The zero-order chi connectivity index (χ0) is 20.3. The number of ether oxygens (including phenoxy) is 4. The Labute approximate surface area is 168 Å². The minimum atomic E-state index is -0.937. The fourth-order valence-electron chi connectivity index (χ4n) is 4.63. The molecule has 2 aliphatic rings. The molecular weight excluding hydrogens is 356 g/mol. The van der Waals surface area contributed by atoms with E-state index >= 15 is 0 Å². The number of benzene rings is 1. The van der Waals surface area contributed by atoms with Crippen LogP contribution in [0.5, 0.6) is 0 Å². The lowest BCUT2D eigenvalue weighted by Crippen LogP contribution is -2.58. The van der Waals surface area contributed by atoms with E-state index in [-0.39, 0.29) is 19.0 Å². The first-order chi connectivity index (χ1) is 13.3. The SMILES string of the molecule is C=CC[C@](C)(O)C[C@@]12OC(C)(C)O[C@@H]1CCC[C@@H]2OCOCc1ccccc1. The van der Waals surface area contributed by atoms with Crippen molar-refractivity contribution in [2.45, 2.75) is 88.7 Å². The summed E-state index contributed by atoms with van der Waals surface area (Å²) in [6.07, 6.45) is 5.12. The normalized spacial score (nSPS) is 31.1. The van der Waals surface area contributed by atoms with E-state index in [0.29, 0.717) is 19.4 Å². The van der Waals surface area contributed by atoms with Gasteiger partial charge in [0.1, 0.15) is 12.4 Å². The quantitative estimate of drug-likeness (QED) is 0.386. The highest BCUT2D eigenvalue weighted by Gasteiger charge is 2.61. The van der Waals surface area contributed by atoms with Crippen LogP contribution in [0.2, 0.25) is 0 Å². The van der Waals surface area contributed by atoms with Gasteiger partial charge in [0.25, 0.3) is 0 Å². The van der Waals surface area contributed by atoms with E-state index in [1.165, 1.54) is 0 Å². The van der Waals surface area contributed by atoms with Gasteiger partial charge in [0.15, 0.2) is 5.79 Å². The van der Waals surface area contributed by atoms with E-state index < -0.39 is 17.0 Å². The highest BCUT2D eigenvalue weighted by atomic mass is 16.8. The lowest BCUT2D eigenvalue weighted by molar-refractivity contribution is -0.228. The summed E-state index contributed by atoms with van der Waals surface area (Å²) in [5.74, 6) is -0.703. The Morgan fingerprint density at radius 2 is 2.04 bits per heavy atom. The zero-order valence-corrected chi connectivity index (χ0v) is 17.4. The molecule has 3 rings (SSSR count). The van der Waals surface area contributed by atoms with E-state index in [1.54, 1.807) is 6.08 Å². The lowest BCUT2D eigenvalue weighted by Gasteiger charge is -2.46. The summed E-state index contributed by atoms with van der Waals surface area (Å²) < 4.78 is 24.6. The molecule has 1 N–H and O–H groups in total. The van der Waals surface area contributed by atoms with Gasteiger partial charge in [-0.15, -0.1) is 6.58 Å². The first kappa shape index (κ1) is 21.5.